The van der Waals surface area contributed by atoms with Gasteiger partial charge < -0.3 is 20.0 Å². The Morgan fingerprint density at radius 3 is 2.25 bits per heavy atom. The molecule has 2 aromatic carbocycles. The first-order valence-electron chi connectivity index (χ1n) is 9.12. The minimum atomic E-state index is -0.333. The van der Waals surface area contributed by atoms with Crippen LogP contribution in [0.4, 0.5) is 5.69 Å². The number of carbonyl (C=O) groups excluding carboxylic acids is 2. The normalized spacial score (nSPS) is 11.8. The van der Waals surface area contributed by atoms with Gasteiger partial charge in [0.15, 0.2) is 5.76 Å². The third-order valence-electron chi connectivity index (χ3n) is 4.27. The maximum Gasteiger partial charge on any atom is 0.291 e. The SMILES string of the molecule is C[NH+](C)C[C@@H](NC(=O)c1ccc(NC(=O)c2ccco2)cc1)c1ccccc1. The number of quaternary nitrogens is 1. The van der Waals surface area contributed by atoms with Crippen molar-refractivity contribution < 1.29 is 18.9 Å². The molecule has 3 aromatic rings. The summed E-state index contributed by atoms with van der Waals surface area (Å²) in [5, 5.41) is 5.84. The van der Waals surface area contributed by atoms with E-state index in [1.165, 1.54) is 11.2 Å². The standard InChI is InChI=1S/C22H23N3O3/c1-25(2)15-19(16-7-4-3-5-8-16)24-21(26)17-10-12-18(13-11-17)23-22(27)20-9-6-14-28-20/h3-14,19H,15H2,1-2H3,(H,23,27)(H,24,26)/p+1/t19-/m1/s1. The smallest absolute Gasteiger partial charge is 0.291 e. The second kappa shape index (κ2) is 9.01. The molecule has 0 radical (unpaired) electrons. The van der Waals surface area contributed by atoms with Crippen molar-refractivity contribution in [3.05, 3.63) is 89.9 Å². The molecule has 6 heteroatoms. The fourth-order valence-electron chi connectivity index (χ4n) is 2.89. The molecule has 0 unspecified atom stereocenters. The Kier molecular flexibility index (Phi) is 6.24. The number of rotatable bonds is 7. The van der Waals surface area contributed by atoms with Gasteiger partial charge in [-0.2, -0.15) is 0 Å². The number of furan rings is 1. The predicted octanol–water partition coefficient (Wildman–Crippen LogP) is 2.15. The van der Waals surface area contributed by atoms with Gasteiger partial charge in [0.1, 0.15) is 12.6 Å². The molecule has 0 fully saturated rings. The highest BCUT2D eigenvalue weighted by Crippen LogP contribution is 2.15. The number of benzene rings is 2. The lowest BCUT2D eigenvalue weighted by Gasteiger charge is -2.21. The van der Waals surface area contributed by atoms with E-state index in [2.05, 4.69) is 24.7 Å². The highest BCUT2D eigenvalue weighted by atomic mass is 16.3. The summed E-state index contributed by atoms with van der Waals surface area (Å²) in [6.45, 7) is 0.771. The van der Waals surface area contributed by atoms with Crippen LogP contribution in [0, 0.1) is 0 Å². The van der Waals surface area contributed by atoms with Crippen LogP contribution in [-0.2, 0) is 0 Å². The number of hydrogen-bond donors (Lipinski definition) is 3. The lowest BCUT2D eigenvalue weighted by Crippen LogP contribution is -3.06. The van der Waals surface area contributed by atoms with Crippen molar-refractivity contribution in [1.29, 1.82) is 0 Å². The molecule has 1 heterocycles. The van der Waals surface area contributed by atoms with E-state index in [1.54, 1.807) is 36.4 Å². The zero-order valence-electron chi connectivity index (χ0n) is 15.9. The number of carbonyl (C=O) groups is 2. The number of likely N-dealkylation sites (N-methyl/N-ethyl adjacent to an activating group) is 1. The lowest BCUT2D eigenvalue weighted by molar-refractivity contribution is -0.860. The van der Waals surface area contributed by atoms with E-state index in [9.17, 15) is 9.59 Å². The number of amides is 2. The Bertz CT molecular complexity index is 904. The summed E-state index contributed by atoms with van der Waals surface area (Å²) in [4.78, 5) is 26.0. The van der Waals surface area contributed by atoms with E-state index in [0.717, 1.165) is 12.1 Å². The zero-order chi connectivity index (χ0) is 19.9. The summed E-state index contributed by atoms with van der Waals surface area (Å²) in [6.07, 6.45) is 1.45. The molecule has 2 amide bonds. The van der Waals surface area contributed by atoms with Crippen molar-refractivity contribution in [3.8, 4) is 0 Å². The van der Waals surface area contributed by atoms with Crippen molar-refractivity contribution in [1.82, 2.24) is 5.32 Å². The van der Waals surface area contributed by atoms with E-state index >= 15 is 0 Å². The topological polar surface area (TPSA) is 75.8 Å². The minimum absolute atomic E-state index is 0.0861. The summed E-state index contributed by atoms with van der Waals surface area (Å²) in [5.41, 5.74) is 2.19. The van der Waals surface area contributed by atoms with Crippen LogP contribution in [0.1, 0.15) is 32.5 Å². The van der Waals surface area contributed by atoms with Crippen molar-refractivity contribution >= 4 is 17.5 Å². The molecule has 0 saturated heterocycles. The van der Waals surface area contributed by atoms with E-state index in [1.807, 2.05) is 30.3 Å². The largest absolute Gasteiger partial charge is 0.459 e. The van der Waals surface area contributed by atoms with Crippen LogP contribution in [0.25, 0.3) is 0 Å². The molecule has 0 aliphatic rings. The molecule has 0 aliphatic heterocycles. The minimum Gasteiger partial charge on any atom is -0.459 e. The molecule has 0 aliphatic carbocycles. The zero-order valence-corrected chi connectivity index (χ0v) is 15.9. The first kappa shape index (κ1) is 19.4. The van der Waals surface area contributed by atoms with Crippen molar-refractivity contribution in [2.45, 2.75) is 6.04 Å². The monoisotopic (exact) mass is 378 g/mol. The Morgan fingerprint density at radius 1 is 0.929 bits per heavy atom. The number of hydrogen-bond acceptors (Lipinski definition) is 3. The van der Waals surface area contributed by atoms with Gasteiger partial charge in [0.2, 0.25) is 0 Å². The molecular weight excluding hydrogens is 354 g/mol. The Hall–Kier alpha value is -3.38. The molecule has 0 bridgehead atoms. The van der Waals surface area contributed by atoms with Gasteiger partial charge in [0, 0.05) is 11.3 Å². The van der Waals surface area contributed by atoms with Gasteiger partial charge in [-0.15, -0.1) is 0 Å². The van der Waals surface area contributed by atoms with E-state index in [0.29, 0.717) is 11.3 Å². The summed E-state index contributed by atoms with van der Waals surface area (Å²) in [6, 6.07) is 19.9. The fourth-order valence-corrected chi connectivity index (χ4v) is 2.89. The summed E-state index contributed by atoms with van der Waals surface area (Å²) < 4.78 is 5.07. The molecule has 0 saturated carbocycles. The molecular formula is C22H24N3O3+. The predicted molar refractivity (Wildman–Crippen MR) is 107 cm³/mol. The second-order valence-electron chi connectivity index (χ2n) is 6.86. The molecule has 3 N–H and O–H groups in total. The Labute approximate surface area is 164 Å². The Morgan fingerprint density at radius 2 is 1.64 bits per heavy atom. The lowest BCUT2D eigenvalue weighted by atomic mass is 10.1. The maximum atomic E-state index is 12.7. The third-order valence-corrected chi connectivity index (χ3v) is 4.27. The quantitative estimate of drug-likeness (QED) is 0.590. The van der Waals surface area contributed by atoms with Gasteiger partial charge in [-0.1, -0.05) is 30.3 Å². The molecule has 6 nitrogen and oxygen atoms in total. The average molecular weight is 378 g/mol. The van der Waals surface area contributed by atoms with Crippen LogP contribution in [0.3, 0.4) is 0 Å². The van der Waals surface area contributed by atoms with Gasteiger partial charge >= 0.3 is 0 Å². The maximum absolute atomic E-state index is 12.7. The van der Waals surface area contributed by atoms with Crippen LogP contribution >= 0.6 is 0 Å². The third kappa shape index (κ3) is 5.08. The highest BCUT2D eigenvalue weighted by Gasteiger charge is 2.18. The van der Waals surface area contributed by atoms with E-state index in [-0.39, 0.29) is 23.6 Å². The van der Waals surface area contributed by atoms with Gasteiger partial charge in [-0.25, -0.2) is 0 Å². The van der Waals surface area contributed by atoms with Crippen LogP contribution in [0.5, 0.6) is 0 Å². The van der Waals surface area contributed by atoms with Gasteiger partial charge in [0.05, 0.1) is 20.4 Å². The van der Waals surface area contributed by atoms with Crippen LogP contribution < -0.4 is 15.5 Å². The molecule has 28 heavy (non-hydrogen) atoms. The summed E-state index contributed by atoms with van der Waals surface area (Å²) >= 11 is 0. The van der Waals surface area contributed by atoms with Crippen molar-refractivity contribution in [2.75, 3.05) is 26.0 Å². The van der Waals surface area contributed by atoms with Gasteiger partial charge in [-0.05, 0) is 42.0 Å². The van der Waals surface area contributed by atoms with E-state index in [4.69, 9.17) is 4.42 Å². The molecule has 0 spiro atoms. The van der Waals surface area contributed by atoms with Crippen LogP contribution in [-0.4, -0.2) is 32.5 Å². The molecule has 144 valence electrons. The first-order chi connectivity index (χ1) is 13.5. The van der Waals surface area contributed by atoms with Crippen molar-refractivity contribution in [3.63, 3.8) is 0 Å². The fraction of sp³-hybridized carbons (Fsp3) is 0.182. The van der Waals surface area contributed by atoms with E-state index < -0.39 is 0 Å². The molecule has 1 atom stereocenters. The average Bonchev–Trinajstić information content (AvgIpc) is 3.23. The van der Waals surface area contributed by atoms with Gasteiger partial charge in [0.25, 0.3) is 11.8 Å². The summed E-state index contributed by atoms with van der Waals surface area (Å²) in [7, 11) is 4.11. The van der Waals surface area contributed by atoms with Crippen LogP contribution in [0.15, 0.2) is 77.4 Å². The number of anilines is 1. The second-order valence-corrected chi connectivity index (χ2v) is 6.86. The van der Waals surface area contributed by atoms with Crippen LogP contribution in [0.2, 0.25) is 0 Å². The molecule has 1 aromatic heterocycles. The molecule has 3 rings (SSSR count). The first-order valence-corrected chi connectivity index (χ1v) is 9.12. The number of nitrogens with one attached hydrogen (secondary N) is 3. The Balaban J connectivity index is 1.66. The van der Waals surface area contributed by atoms with Gasteiger partial charge in [-0.3, -0.25) is 9.59 Å². The van der Waals surface area contributed by atoms with Crippen molar-refractivity contribution in [2.24, 2.45) is 0 Å². The summed E-state index contributed by atoms with van der Waals surface area (Å²) in [5.74, 6) is -0.252. The highest BCUT2D eigenvalue weighted by molar-refractivity contribution is 6.02.